The minimum absolute atomic E-state index is 0.0758. The average Bonchev–Trinajstić information content (AvgIpc) is 3.30. The molecule has 4 aromatic rings. The molecule has 8 heteroatoms. The summed E-state index contributed by atoms with van der Waals surface area (Å²) in [5, 5.41) is 11.1. The van der Waals surface area contributed by atoms with Crippen molar-refractivity contribution in [3.8, 4) is 0 Å². The van der Waals surface area contributed by atoms with Gasteiger partial charge in [-0.3, -0.25) is 14.6 Å². The van der Waals surface area contributed by atoms with E-state index >= 15 is 0 Å². The number of carbonyl (C=O) groups excluding carboxylic acids is 1. The third-order valence-electron chi connectivity index (χ3n) is 5.79. The highest BCUT2D eigenvalue weighted by Crippen LogP contribution is 2.29. The van der Waals surface area contributed by atoms with Gasteiger partial charge in [-0.2, -0.15) is 0 Å². The van der Waals surface area contributed by atoms with E-state index in [1.54, 1.807) is 12.1 Å². The van der Waals surface area contributed by atoms with Crippen molar-refractivity contribution in [2.24, 2.45) is 0 Å². The summed E-state index contributed by atoms with van der Waals surface area (Å²) in [6.45, 7) is 3.79. The minimum atomic E-state index is -0.0758. The summed E-state index contributed by atoms with van der Waals surface area (Å²) in [5.41, 5.74) is 3.23. The first-order valence-electron chi connectivity index (χ1n) is 10.8. The molecule has 0 atom stereocenters. The van der Waals surface area contributed by atoms with Crippen molar-refractivity contribution in [3.05, 3.63) is 90.3 Å². The molecule has 1 aliphatic heterocycles. The zero-order valence-electron chi connectivity index (χ0n) is 17.7. The van der Waals surface area contributed by atoms with E-state index in [0.29, 0.717) is 18.0 Å². The number of nitrogens with zero attached hydrogens (tertiary/aromatic N) is 6. The second-order valence-corrected chi connectivity index (χ2v) is 7.91. The van der Waals surface area contributed by atoms with Crippen LogP contribution >= 0.6 is 0 Å². The van der Waals surface area contributed by atoms with E-state index < -0.39 is 0 Å². The molecule has 8 nitrogen and oxygen atoms in total. The van der Waals surface area contributed by atoms with Crippen molar-refractivity contribution >= 4 is 17.4 Å². The lowest BCUT2D eigenvalue weighted by Gasteiger charge is -2.39. The summed E-state index contributed by atoms with van der Waals surface area (Å²) in [6.07, 6.45) is 1.44. The van der Waals surface area contributed by atoms with Crippen molar-refractivity contribution < 1.29 is 4.79 Å². The van der Waals surface area contributed by atoms with Crippen LogP contribution in [-0.2, 0) is 4.79 Å². The normalized spacial score (nSPS) is 15.3. The summed E-state index contributed by atoms with van der Waals surface area (Å²) < 4.78 is 1.40. The van der Waals surface area contributed by atoms with E-state index in [2.05, 4.69) is 91.0 Å². The molecule has 3 heterocycles. The molecule has 0 saturated carbocycles. The molecule has 0 radical (unpaired) electrons. The van der Waals surface area contributed by atoms with Crippen LogP contribution < -0.4 is 5.32 Å². The van der Waals surface area contributed by atoms with E-state index in [1.165, 1.54) is 22.1 Å². The van der Waals surface area contributed by atoms with Gasteiger partial charge < -0.3 is 5.32 Å². The number of anilines is 1. The monoisotopic (exact) mass is 427 g/mol. The highest BCUT2D eigenvalue weighted by Gasteiger charge is 2.27. The number of rotatable bonds is 6. The van der Waals surface area contributed by atoms with Crippen molar-refractivity contribution in [2.75, 3.05) is 38.0 Å². The van der Waals surface area contributed by atoms with Crippen LogP contribution in [0.4, 0.5) is 5.82 Å². The van der Waals surface area contributed by atoms with Crippen LogP contribution in [-0.4, -0.2) is 68.2 Å². The van der Waals surface area contributed by atoms with Gasteiger partial charge in [0.05, 0.1) is 12.6 Å². The zero-order chi connectivity index (χ0) is 21.8. The van der Waals surface area contributed by atoms with Crippen molar-refractivity contribution in [3.63, 3.8) is 0 Å². The maximum atomic E-state index is 12.6. The molecule has 1 aliphatic rings. The number of carbonyl (C=O) groups is 1. The minimum Gasteiger partial charge on any atom is -0.308 e. The van der Waals surface area contributed by atoms with E-state index in [4.69, 9.17) is 0 Å². The number of hydrogen-bond acceptors (Lipinski definition) is 6. The lowest BCUT2D eigenvalue weighted by atomic mass is 9.96. The van der Waals surface area contributed by atoms with Gasteiger partial charge in [0, 0.05) is 26.2 Å². The lowest BCUT2D eigenvalue weighted by molar-refractivity contribution is -0.117. The molecule has 0 aliphatic carbocycles. The molecule has 1 saturated heterocycles. The largest absolute Gasteiger partial charge is 0.308 e. The Hall–Kier alpha value is -3.62. The number of fused-ring (bicyclic) bond motifs is 1. The van der Waals surface area contributed by atoms with E-state index in [1.807, 2.05) is 0 Å². The molecule has 1 N–H and O–H groups in total. The van der Waals surface area contributed by atoms with Crippen LogP contribution in [0.15, 0.2) is 79.1 Å². The summed E-state index contributed by atoms with van der Waals surface area (Å²) in [4.78, 5) is 21.3. The van der Waals surface area contributed by atoms with Gasteiger partial charge in [0.25, 0.3) is 0 Å². The van der Waals surface area contributed by atoms with Gasteiger partial charge in [0.2, 0.25) is 5.91 Å². The maximum absolute atomic E-state index is 12.6. The first kappa shape index (κ1) is 20.3. The van der Waals surface area contributed by atoms with Crippen LogP contribution in [0.5, 0.6) is 0 Å². The molecule has 2 aromatic carbocycles. The first-order valence-corrected chi connectivity index (χ1v) is 10.8. The zero-order valence-corrected chi connectivity index (χ0v) is 17.7. The third-order valence-corrected chi connectivity index (χ3v) is 5.79. The van der Waals surface area contributed by atoms with Gasteiger partial charge >= 0.3 is 0 Å². The standard InChI is InChI=1S/C24H25N7O/c32-23(27-21-11-12-22-25-18-26-31(22)28-21)17-29-13-15-30(16-14-29)24(19-7-3-1-4-8-19)20-9-5-2-6-10-20/h1-12,18,24H,13-17H2,(H,27,28,32). The molecule has 1 amide bonds. The molecule has 32 heavy (non-hydrogen) atoms. The topological polar surface area (TPSA) is 78.7 Å². The smallest absolute Gasteiger partial charge is 0.239 e. The van der Waals surface area contributed by atoms with Gasteiger partial charge in [-0.1, -0.05) is 60.7 Å². The summed E-state index contributed by atoms with van der Waals surface area (Å²) in [5.74, 6) is 0.396. The summed E-state index contributed by atoms with van der Waals surface area (Å²) in [6, 6.07) is 25.0. The molecule has 0 unspecified atom stereocenters. The van der Waals surface area contributed by atoms with Crippen molar-refractivity contribution in [1.82, 2.24) is 29.6 Å². The van der Waals surface area contributed by atoms with Crippen LogP contribution in [0.3, 0.4) is 0 Å². The highest BCUT2D eigenvalue weighted by atomic mass is 16.2. The molecular weight excluding hydrogens is 402 g/mol. The van der Waals surface area contributed by atoms with Crippen molar-refractivity contribution in [2.45, 2.75) is 6.04 Å². The molecule has 5 rings (SSSR count). The molecule has 2 aromatic heterocycles. The van der Waals surface area contributed by atoms with Crippen molar-refractivity contribution in [1.29, 1.82) is 0 Å². The second kappa shape index (κ2) is 9.25. The lowest BCUT2D eigenvalue weighted by Crippen LogP contribution is -2.49. The Morgan fingerprint density at radius 2 is 1.53 bits per heavy atom. The van der Waals surface area contributed by atoms with E-state index in [0.717, 1.165) is 26.2 Å². The molecule has 162 valence electrons. The summed E-state index contributed by atoms with van der Waals surface area (Å²) in [7, 11) is 0. The Labute approximate surface area is 186 Å². The van der Waals surface area contributed by atoms with Gasteiger partial charge in [-0.15, -0.1) is 14.8 Å². The third kappa shape index (κ3) is 4.51. The van der Waals surface area contributed by atoms with Gasteiger partial charge in [-0.05, 0) is 23.3 Å². The quantitative estimate of drug-likeness (QED) is 0.509. The van der Waals surface area contributed by atoms with Crippen LogP contribution in [0.2, 0.25) is 0 Å². The Kier molecular flexibility index (Phi) is 5.87. The first-order chi connectivity index (χ1) is 15.8. The van der Waals surface area contributed by atoms with Crippen LogP contribution in [0.1, 0.15) is 17.2 Å². The van der Waals surface area contributed by atoms with Crippen LogP contribution in [0, 0.1) is 0 Å². The Bertz CT molecular complexity index is 1130. The predicted octanol–water partition coefficient (Wildman–Crippen LogP) is 2.47. The Morgan fingerprint density at radius 3 is 2.19 bits per heavy atom. The number of amides is 1. The van der Waals surface area contributed by atoms with E-state index in [9.17, 15) is 4.79 Å². The molecule has 1 fully saturated rings. The van der Waals surface area contributed by atoms with Gasteiger partial charge in [-0.25, -0.2) is 4.98 Å². The molecule has 0 spiro atoms. The van der Waals surface area contributed by atoms with Crippen LogP contribution in [0.25, 0.3) is 5.65 Å². The number of piperazine rings is 1. The molecule has 0 bridgehead atoms. The number of nitrogens with one attached hydrogen (secondary N) is 1. The fraction of sp³-hybridized carbons (Fsp3) is 0.250. The predicted molar refractivity (Wildman–Crippen MR) is 122 cm³/mol. The molecular formula is C24H25N7O. The van der Waals surface area contributed by atoms with E-state index in [-0.39, 0.29) is 11.9 Å². The Balaban J connectivity index is 1.21. The maximum Gasteiger partial charge on any atom is 0.239 e. The average molecular weight is 428 g/mol. The number of aromatic nitrogens is 4. The fourth-order valence-electron chi connectivity index (χ4n) is 4.24. The summed E-state index contributed by atoms with van der Waals surface area (Å²) >= 11 is 0. The van der Waals surface area contributed by atoms with Gasteiger partial charge in [0.15, 0.2) is 11.5 Å². The Morgan fingerprint density at radius 1 is 0.875 bits per heavy atom. The number of benzene rings is 2. The number of hydrogen-bond donors (Lipinski definition) is 1. The highest BCUT2D eigenvalue weighted by molar-refractivity contribution is 5.91. The van der Waals surface area contributed by atoms with Gasteiger partial charge in [0.1, 0.15) is 6.33 Å². The second-order valence-electron chi connectivity index (χ2n) is 7.91. The SMILES string of the molecule is O=C(CN1CCN(C(c2ccccc2)c2ccccc2)CC1)Nc1ccc2ncnn2n1. The fourth-order valence-corrected chi connectivity index (χ4v) is 4.24.